The Morgan fingerprint density at radius 2 is 2.19 bits per heavy atom. The van der Waals surface area contributed by atoms with Crippen molar-refractivity contribution in [3.05, 3.63) is 40.2 Å². The first-order valence-electron chi connectivity index (χ1n) is 6.51. The fourth-order valence-corrected chi connectivity index (χ4v) is 2.17. The molecule has 0 amide bonds. The first-order chi connectivity index (χ1) is 9.99. The van der Waals surface area contributed by atoms with Gasteiger partial charge in [0.1, 0.15) is 5.75 Å². The predicted octanol–water partition coefficient (Wildman–Crippen LogP) is 2.72. The van der Waals surface area contributed by atoms with Crippen molar-refractivity contribution in [2.45, 2.75) is 26.8 Å². The maximum atomic E-state index is 10.9. The quantitative estimate of drug-likeness (QED) is 0.830. The number of halogens is 1. The van der Waals surface area contributed by atoms with E-state index in [1.54, 1.807) is 17.7 Å². The number of carbonyl (C=O) groups is 1. The lowest BCUT2D eigenvalue weighted by Gasteiger charge is -2.09. The lowest BCUT2D eigenvalue weighted by molar-refractivity contribution is 0.0689. The molecule has 1 heterocycles. The predicted molar refractivity (Wildman–Crippen MR) is 78.0 cm³/mol. The molecule has 0 atom stereocenters. The van der Waals surface area contributed by atoms with Gasteiger partial charge in [0, 0.05) is 18.0 Å². The SMILES string of the molecule is Cc1cc(Cl)ccc1OCCCn1nnc(C(=O)O)c1C. The standard InChI is InChI=1S/C14H16ClN3O3/c1-9-8-11(15)4-5-12(9)21-7-3-6-18-10(2)13(14(19)20)16-17-18/h4-5,8H,3,6-7H2,1-2H3,(H,19,20). The van der Waals surface area contributed by atoms with Crippen LogP contribution in [0.1, 0.15) is 28.2 Å². The van der Waals surface area contributed by atoms with Crippen LogP contribution in [0, 0.1) is 13.8 Å². The third-order valence-electron chi connectivity index (χ3n) is 3.09. The van der Waals surface area contributed by atoms with Gasteiger partial charge in [-0.05, 0) is 37.6 Å². The normalized spacial score (nSPS) is 10.6. The minimum Gasteiger partial charge on any atom is -0.493 e. The van der Waals surface area contributed by atoms with Gasteiger partial charge in [0.15, 0.2) is 5.69 Å². The molecular weight excluding hydrogens is 294 g/mol. The summed E-state index contributed by atoms with van der Waals surface area (Å²) in [6.45, 7) is 4.68. The van der Waals surface area contributed by atoms with E-state index >= 15 is 0 Å². The average Bonchev–Trinajstić information content (AvgIpc) is 2.78. The summed E-state index contributed by atoms with van der Waals surface area (Å²) in [5.74, 6) is -0.271. The fraction of sp³-hybridized carbons (Fsp3) is 0.357. The van der Waals surface area contributed by atoms with E-state index in [0.717, 1.165) is 11.3 Å². The summed E-state index contributed by atoms with van der Waals surface area (Å²) in [7, 11) is 0. The van der Waals surface area contributed by atoms with Gasteiger partial charge in [-0.25, -0.2) is 9.48 Å². The van der Waals surface area contributed by atoms with Crippen molar-refractivity contribution in [1.82, 2.24) is 15.0 Å². The number of hydrogen-bond donors (Lipinski definition) is 1. The van der Waals surface area contributed by atoms with E-state index in [4.69, 9.17) is 21.4 Å². The average molecular weight is 310 g/mol. The Balaban J connectivity index is 1.86. The number of carboxylic acid groups (broad SMARTS) is 1. The lowest BCUT2D eigenvalue weighted by atomic mass is 10.2. The lowest BCUT2D eigenvalue weighted by Crippen LogP contribution is -2.08. The van der Waals surface area contributed by atoms with Crippen molar-refractivity contribution in [3.8, 4) is 5.75 Å². The Hall–Kier alpha value is -2.08. The van der Waals surface area contributed by atoms with E-state index < -0.39 is 5.97 Å². The first-order valence-corrected chi connectivity index (χ1v) is 6.89. The fourth-order valence-electron chi connectivity index (χ4n) is 1.94. The molecule has 0 aliphatic rings. The number of rotatable bonds is 6. The summed E-state index contributed by atoms with van der Waals surface area (Å²) in [6.07, 6.45) is 0.700. The number of benzene rings is 1. The van der Waals surface area contributed by atoms with Crippen LogP contribution in [0.25, 0.3) is 0 Å². The third-order valence-corrected chi connectivity index (χ3v) is 3.33. The largest absolute Gasteiger partial charge is 0.493 e. The number of nitrogens with zero attached hydrogens (tertiary/aromatic N) is 3. The van der Waals surface area contributed by atoms with Crippen LogP contribution in [0.15, 0.2) is 18.2 Å². The molecule has 21 heavy (non-hydrogen) atoms. The molecule has 0 saturated carbocycles. The topological polar surface area (TPSA) is 77.2 Å². The molecule has 0 aliphatic carbocycles. The van der Waals surface area contributed by atoms with Crippen molar-refractivity contribution in [2.75, 3.05) is 6.61 Å². The highest BCUT2D eigenvalue weighted by Crippen LogP contribution is 2.21. The van der Waals surface area contributed by atoms with Gasteiger partial charge in [0.2, 0.25) is 0 Å². The van der Waals surface area contributed by atoms with Crippen molar-refractivity contribution < 1.29 is 14.6 Å². The molecule has 2 rings (SSSR count). The van der Waals surface area contributed by atoms with Gasteiger partial charge < -0.3 is 9.84 Å². The van der Waals surface area contributed by atoms with Crippen LogP contribution in [-0.2, 0) is 6.54 Å². The minimum absolute atomic E-state index is 0.00976. The zero-order valence-corrected chi connectivity index (χ0v) is 12.6. The highest BCUT2D eigenvalue weighted by molar-refractivity contribution is 6.30. The summed E-state index contributed by atoms with van der Waals surface area (Å²) in [4.78, 5) is 10.9. The monoisotopic (exact) mass is 309 g/mol. The van der Waals surface area contributed by atoms with Crippen LogP contribution < -0.4 is 4.74 Å². The third kappa shape index (κ3) is 3.72. The number of aromatic nitrogens is 3. The Labute approximate surface area is 127 Å². The van der Waals surface area contributed by atoms with Gasteiger partial charge in [-0.15, -0.1) is 5.10 Å². The van der Waals surface area contributed by atoms with Crippen LogP contribution in [0.3, 0.4) is 0 Å². The smallest absolute Gasteiger partial charge is 0.358 e. The Morgan fingerprint density at radius 1 is 1.43 bits per heavy atom. The van der Waals surface area contributed by atoms with Crippen molar-refractivity contribution in [3.63, 3.8) is 0 Å². The van der Waals surface area contributed by atoms with Gasteiger partial charge >= 0.3 is 5.97 Å². The molecule has 1 aromatic carbocycles. The van der Waals surface area contributed by atoms with Gasteiger partial charge in [-0.2, -0.15) is 0 Å². The Morgan fingerprint density at radius 3 is 2.81 bits per heavy atom. The van der Waals surface area contributed by atoms with E-state index in [2.05, 4.69) is 10.3 Å². The van der Waals surface area contributed by atoms with E-state index in [9.17, 15) is 4.79 Å². The van der Waals surface area contributed by atoms with Crippen LogP contribution in [0.4, 0.5) is 0 Å². The number of hydrogen-bond acceptors (Lipinski definition) is 4. The molecule has 1 N–H and O–H groups in total. The van der Waals surface area contributed by atoms with Gasteiger partial charge in [0.05, 0.1) is 12.3 Å². The zero-order valence-electron chi connectivity index (χ0n) is 11.8. The maximum absolute atomic E-state index is 10.9. The second kappa shape index (κ2) is 6.58. The minimum atomic E-state index is -1.06. The van der Waals surface area contributed by atoms with E-state index in [1.807, 2.05) is 19.1 Å². The molecule has 0 spiro atoms. The first kappa shape index (κ1) is 15.3. The number of carboxylic acids is 1. The summed E-state index contributed by atoms with van der Waals surface area (Å²) >= 11 is 5.88. The molecule has 0 bridgehead atoms. The van der Waals surface area contributed by atoms with Crippen LogP contribution in [0.2, 0.25) is 5.02 Å². The number of aryl methyl sites for hydroxylation is 2. The zero-order chi connectivity index (χ0) is 15.4. The molecule has 1 aromatic heterocycles. The summed E-state index contributed by atoms with van der Waals surface area (Å²) in [5, 5.41) is 17.0. The highest BCUT2D eigenvalue weighted by Gasteiger charge is 2.14. The number of aromatic carboxylic acids is 1. The summed E-state index contributed by atoms with van der Waals surface area (Å²) in [5.41, 5.74) is 1.52. The van der Waals surface area contributed by atoms with E-state index in [1.165, 1.54) is 0 Å². The summed E-state index contributed by atoms with van der Waals surface area (Å²) < 4.78 is 7.24. The van der Waals surface area contributed by atoms with Crippen LogP contribution >= 0.6 is 11.6 Å². The van der Waals surface area contributed by atoms with Gasteiger partial charge in [-0.3, -0.25) is 0 Å². The molecule has 2 aromatic rings. The van der Waals surface area contributed by atoms with Crippen molar-refractivity contribution in [2.24, 2.45) is 0 Å². The second-order valence-electron chi connectivity index (χ2n) is 4.66. The van der Waals surface area contributed by atoms with E-state index in [0.29, 0.717) is 30.3 Å². The Bertz CT molecular complexity index is 655. The molecule has 6 nitrogen and oxygen atoms in total. The molecule has 0 saturated heterocycles. The number of ether oxygens (including phenoxy) is 1. The molecule has 0 radical (unpaired) electrons. The van der Waals surface area contributed by atoms with E-state index in [-0.39, 0.29) is 5.69 Å². The summed E-state index contributed by atoms with van der Waals surface area (Å²) in [6, 6.07) is 5.46. The van der Waals surface area contributed by atoms with Gasteiger partial charge in [-0.1, -0.05) is 16.8 Å². The second-order valence-corrected chi connectivity index (χ2v) is 5.10. The maximum Gasteiger partial charge on any atom is 0.358 e. The molecule has 7 heteroatoms. The molecular formula is C14H16ClN3O3. The Kier molecular flexibility index (Phi) is 4.80. The van der Waals surface area contributed by atoms with Crippen molar-refractivity contribution >= 4 is 17.6 Å². The van der Waals surface area contributed by atoms with Crippen molar-refractivity contribution in [1.29, 1.82) is 0 Å². The molecule has 0 fully saturated rings. The molecule has 0 unspecified atom stereocenters. The van der Waals surface area contributed by atoms with Crippen LogP contribution in [0.5, 0.6) is 5.75 Å². The molecule has 0 aliphatic heterocycles. The van der Waals surface area contributed by atoms with Gasteiger partial charge in [0.25, 0.3) is 0 Å². The highest BCUT2D eigenvalue weighted by atomic mass is 35.5. The van der Waals surface area contributed by atoms with Crippen LogP contribution in [-0.4, -0.2) is 32.7 Å². The molecule has 112 valence electrons.